The van der Waals surface area contributed by atoms with Gasteiger partial charge in [-0.2, -0.15) is 0 Å². The van der Waals surface area contributed by atoms with E-state index in [4.69, 9.17) is 10.5 Å². The Kier molecular flexibility index (Phi) is 5.16. The molecule has 0 heterocycles. The van der Waals surface area contributed by atoms with Crippen LogP contribution in [0, 0.1) is 5.41 Å². The zero-order valence-electron chi connectivity index (χ0n) is 10.3. The van der Waals surface area contributed by atoms with Crippen molar-refractivity contribution in [2.24, 2.45) is 11.1 Å². The third-order valence-corrected chi connectivity index (χ3v) is 3.67. The number of benzene rings is 1. The highest BCUT2D eigenvalue weighted by atomic mass is 32.2. The molecule has 0 amide bonds. The van der Waals surface area contributed by atoms with Crippen LogP contribution in [0.5, 0.6) is 5.75 Å². The molecule has 2 N–H and O–H groups in total. The first-order valence-electron chi connectivity index (χ1n) is 5.54. The van der Waals surface area contributed by atoms with Gasteiger partial charge in [-0.3, -0.25) is 0 Å². The van der Waals surface area contributed by atoms with Crippen molar-refractivity contribution in [2.45, 2.75) is 25.2 Å². The maximum absolute atomic E-state index is 5.70. The number of hydrogen-bond donors (Lipinski definition) is 1. The third-order valence-electron chi connectivity index (χ3n) is 2.66. The summed E-state index contributed by atoms with van der Waals surface area (Å²) < 4.78 is 5.12. The molecule has 0 aliphatic rings. The maximum atomic E-state index is 5.70. The molecule has 0 aliphatic heterocycles. The van der Waals surface area contributed by atoms with Crippen LogP contribution in [0.25, 0.3) is 0 Å². The number of rotatable bonds is 6. The first-order chi connectivity index (χ1) is 7.57. The molecule has 0 radical (unpaired) electrons. The zero-order chi connectivity index (χ0) is 12.0. The van der Waals surface area contributed by atoms with Crippen molar-refractivity contribution in [1.29, 1.82) is 0 Å². The Morgan fingerprint density at radius 2 is 1.88 bits per heavy atom. The molecule has 0 aromatic heterocycles. The van der Waals surface area contributed by atoms with E-state index in [0.717, 1.165) is 24.5 Å². The molecule has 0 aliphatic carbocycles. The van der Waals surface area contributed by atoms with Crippen LogP contribution in [-0.4, -0.2) is 19.4 Å². The van der Waals surface area contributed by atoms with Crippen molar-refractivity contribution >= 4 is 11.8 Å². The highest BCUT2D eigenvalue weighted by molar-refractivity contribution is 7.99. The second kappa shape index (κ2) is 6.16. The molecule has 0 atom stereocenters. The third kappa shape index (κ3) is 4.45. The predicted octanol–water partition coefficient (Wildman–Crippen LogP) is 3.16. The van der Waals surface area contributed by atoms with Gasteiger partial charge in [-0.05, 0) is 48.4 Å². The number of ether oxygens (including phenoxy) is 1. The molecule has 0 fully saturated rings. The largest absolute Gasteiger partial charge is 0.497 e. The molecule has 16 heavy (non-hydrogen) atoms. The van der Waals surface area contributed by atoms with Crippen LogP contribution in [0.15, 0.2) is 29.2 Å². The Labute approximate surface area is 103 Å². The molecule has 0 unspecified atom stereocenters. The molecule has 1 aromatic carbocycles. The average Bonchev–Trinajstić information content (AvgIpc) is 2.30. The normalized spacial score (nSPS) is 11.5. The van der Waals surface area contributed by atoms with E-state index in [2.05, 4.69) is 26.0 Å². The average molecular weight is 239 g/mol. The summed E-state index contributed by atoms with van der Waals surface area (Å²) >= 11 is 1.87. The smallest absolute Gasteiger partial charge is 0.118 e. The fourth-order valence-corrected chi connectivity index (χ4v) is 2.44. The molecule has 0 spiro atoms. The van der Waals surface area contributed by atoms with Gasteiger partial charge in [0.25, 0.3) is 0 Å². The molecule has 0 saturated heterocycles. The fourth-order valence-electron chi connectivity index (χ4n) is 1.22. The first-order valence-corrected chi connectivity index (χ1v) is 6.53. The summed E-state index contributed by atoms with van der Waals surface area (Å²) in [5.74, 6) is 2.02. The van der Waals surface area contributed by atoms with Crippen LogP contribution in [-0.2, 0) is 0 Å². The Bertz CT molecular complexity index is 308. The fraction of sp³-hybridized carbons (Fsp3) is 0.538. The summed E-state index contributed by atoms with van der Waals surface area (Å²) in [6, 6.07) is 8.19. The summed E-state index contributed by atoms with van der Waals surface area (Å²) in [5.41, 5.74) is 5.95. The lowest BCUT2D eigenvalue weighted by atomic mass is 9.91. The van der Waals surface area contributed by atoms with E-state index in [9.17, 15) is 0 Å². The number of hydrogen-bond acceptors (Lipinski definition) is 3. The van der Waals surface area contributed by atoms with Crippen molar-refractivity contribution in [2.75, 3.05) is 19.4 Å². The molecular weight excluding hydrogens is 218 g/mol. The van der Waals surface area contributed by atoms with Gasteiger partial charge in [0.2, 0.25) is 0 Å². The Hall–Kier alpha value is -0.670. The van der Waals surface area contributed by atoms with E-state index >= 15 is 0 Å². The van der Waals surface area contributed by atoms with Gasteiger partial charge in [0.15, 0.2) is 0 Å². The van der Waals surface area contributed by atoms with Crippen molar-refractivity contribution in [1.82, 2.24) is 0 Å². The van der Waals surface area contributed by atoms with E-state index < -0.39 is 0 Å². The number of methoxy groups -OCH3 is 1. The van der Waals surface area contributed by atoms with Crippen LogP contribution in [0.3, 0.4) is 0 Å². The molecule has 1 aromatic rings. The quantitative estimate of drug-likeness (QED) is 0.774. The van der Waals surface area contributed by atoms with Gasteiger partial charge in [0.05, 0.1) is 7.11 Å². The molecule has 0 bridgehead atoms. The van der Waals surface area contributed by atoms with Gasteiger partial charge in [-0.25, -0.2) is 0 Å². The second-order valence-electron chi connectivity index (χ2n) is 4.64. The van der Waals surface area contributed by atoms with Gasteiger partial charge in [-0.1, -0.05) is 13.8 Å². The Morgan fingerprint density at radius 3 is 2.38 bits per heavy atom. The van der Waals surface area contributed by atoms with E-state index in [1.807, 2.05) is 23.9 Å². The zero-order valence-corrected chi connectivity index (χ0v) is 11.1. The summed E-state index contributed by atoms with van der Waals surface area (Å²) in [7, 11) is 1.69. The van der Waals surface area contributed by atoms with E-state index in [-0.39, 0.29) is 5.41 Å². The van der Waals surface area contributed by atoms with Crippen LogP contribution in [0.1, 0.15) is 20.3 Å². The van der Waals surface area contributed by atoms with Crippen molar-refractivity contribution in [3.8, 4) is 5.75 Å². The monoisotopic (exact) mass is 239 g/mol. The van der Waals surface area contributed by atoms with Crippen LogP contribution >= 0.6 is 11.8 Å². The van der Waals surface area contributed by atoms with Gasteiger partial charge >= 0.3 is 0 Å². The molecule has 0 saturated carbocycles. The lowest BCUT2D eigenvalue weighted by Gasteiger charge is -2.21. The van der Waals surface area contributed by atoms with Gasteiger partial charge in [-0.15, -0.1) is 11.8 Å². The highest BCUT2D eigenvalue weighted by Crippen LogP contribution is 2.26. The summed E-state index contributed by atoms with van der Waals surface area (Å²) in [6.07, 6.45) is 1.14. The minimum absolute atomic E-state index is 0.249. The van der Waals surface area contributed by atoms with Crippen molar-refractivity contribution in [3.05, 3.63) is 24.3 Å². The van der Waals surface area contributed by atoms with Gasteiger partial charge in [0, 0.05) is 4.90 Å². The summed E-state index contributed by atoms with van der Waals surface area (Å²) in [5, 5.41) is 0. The van der Waals surface area contributed by atoms with Gasteiger partial charge in [0.1, 0.15) is 5.75 Å². The summed E-state index contributed by atoms with van der Waals surface area (Å²) in [4.78, 5) is 1.29. The Balaban J connectivity index is 2.37. The van der Waals surface area contributed by atoms with E-state index in [1.165, 1.54) is 4.90 Å². The van der Waals surface area contributed by atoms with Crippen LogP contribution in [0.2, 0.25) is 0 Å². The summed E-state index contributed by atoms with van der Waals surface area (Å²) in [6.45, 7) is 5.17. The van der Waals surface area contributed by atoms with Gasteiger partial charge < -0.3 is 10.5 Å². The van der Waals surface area contributed by atoms with Crippen molar-refractivity contribution in [3.63, 3.8) is 0 Å². The molecule has 2 nitrogen and oxygen atoms in total. The molecule has 3 heteroatoms. The first kappa shape index (κ1) is 13.4. The van der Waals surface area contributed by atoms with Crippen molar-refractivity contribution < 1.29 is 4.74 Å². The topological polar surface area (TPSA) is 35.2 Å². The number of thioether (sulfide) groups is 1. The molecular formula is C13H21NOS. The van der Waals surface area contributed by atoms with Crippen LogP contribution in [0.4, 0.5) is 0 Å². The highest BCUT2D eigenvalue weighted by Gasteiger charge is 2.14. The van der Waals surface area contributed by atoms with Crippen LogP contribution < -0.4 is 10.5 Å². The molecule has 1 rings (SSSR count). The Morgan fingerprint density at radius 1 is 1.25 bits per heavy atom. The SMILES string of the molecule is COc1ccc(SCCC(C)(C)CN)cc1. The second-order valence-corrected chi connectivity index (χ2v) is 5.81. The lowest BCUT2D eigenvalue weighted by Crippen LogP contribution is -2.23. The van der Waals surface area contributed by atoms with E-state index in [1.54, 1.807) is 7.11 Å². The predicted molar refractivity (Wildman–Crippen MR) is 71.2 cm³/mol. The van der Waals surface area contributed by atoms with E-state index in [0.29, 0.717) is 0 Å². The standard InChI is InChI=1S/C13H21NOS/c1-13(2,10-14)8-9-16-12-6-4-11(15-3)5-7-12/h4-7H,8-10,14H2,1-3H3. The molecule has 90 valence electrons. The lowest BCUT2D eigenvalue weighted by molar-refractivity contribution is 0.368. The minimum atomic E-state index is 0.249. The number of nitrogens with two attached hydrogens (primary N) is 1. The maximum Gasteiger partial charge on any atom is 0.118 e. The minimum Gasteiger partial charge on any atom is -0.497 e.